The van der Waals surface area contributed by atoms with E-state index in [9.17, 15) is 0 Å². The van der Waals surface area contributed by atoms with Gasteiger partial charge < -0.3 is 10.1 Å². The summed E-state index contributed by atoms with van der Waals surface area (Å²) >= 11 is 6.12. The first-order chi connectivity index (χ1) is 9.24. The lowest BCUT2D eigenvalue weighted by Crippen LogP contribution is -2.30. The maximum Gasteiger partial charge on any atom is 0.122 e. The maximum atomic E-state index is 6.12. The molecule has 1 aromatic rings. The number of benzene rings is 1. The fourth-order valence-electron chi connectivity index (χ4n) is 3.27. The van der Waals surface area contributed by atoms with Gasteiger partial charge in [-0.1, -0.05) is 24.4 Å². The SMILES string of the molecule is CNCC1CCCCC1Cc1cc(Cl)ccc1OC. The number of halogens is 1. The van der Waals surface area contributed by atoms with E-state index in [1.165, 1.54) is 31.2 Å². The quantitative estimate of drug-likeness (QED) is 0.883. The first-order valence-corrected chi connectivity index (χ1v) is 7.59. The molecule has 1 N–H and O–H groups in total. The lowest BCUT2D eigenvalue weighted by molar-refractivity contribution is 0.230. The second-order valence-corrected chi connectivity index (χ2v) is 5.96. The monoisotopic (exact) mass is 281 g/mol. The van der Waals surface area contributed by atoms with Crippen molar-refractivity contribution in [3.05, 3.63) is 28.8 Å². The van der Waals surface area contributed by atoms with Crippen molar-refractivity contribution < 1.29 is 4.74 Å². The molecule has 0 aromatic heterocycles. The highest BCUT2D eigenvalue weighted by Gasteiger charge is 2.25. The summed E-state index contributed by atoms with van der Waals surface area (Å²) in [6.07, 6.45) is 6.47. The van der Waals surface area contributed by atoms with E-state index < -0.39 is 0 Å². The van der Waals surface area contributed by atoms with Gasteiger partial charge in [0.1, 0.15) is 5.75 Å². The number of nitrogens with one attached hydrogen (secondary N) is 1. The fourth-order valence-corrected chi connectivity index (χ4v) is 3.47. The molecule has 0 bridgehead atoms. The molecule has 2 atom stereocenters. The summed E-state index contributed by atoms with van der Waals surface area (Å²) in [5.74, 6) is 2.49. The van der Waals surface area contributed by atoms with Crippen LogP contribution in [0.5, 0.6) is 5.75 Å². The number of hydrogen-bond acceptors (Lipinski definition) is 2. The van der Waals surface area contributed by atoms with Crippen molar-refractivity contribution >= 4 is 11.6 Å². The number of methoxy groups -OCH3 is 1. The highest BCUT2D eigenvalue weighted by Crippen LogP contribution is 2.35. The summed E-state index contributed by atoms with van der Waals surface area (Å²) in [4.78, 5) is 0. The van der Waals surface area contributed by atoms with Gasteiger partial charge in [-0.15, -0.1) is 0 Å². The molecule has 2 unspecified atom stereocenters. The van der Waals surface area contributed by atoms with E-state index in [1.807, 2.05) is 19.2 Å². The second kappa shape index (κ2) is 7.16. The molecule has 1 aromatic carbocycles. The lowest BCUT2D eigenvalue weighted by Gasteiger charge is -2.32. The topological polar surface area (TPSA) is 21.3 Å². The molecule has 0 spiro atoms. The Bertz CT molecular complexity index is 406. The van der Waals surface area contributed by atoms with Crippen molar-refractivity contribution in [1.29, 1.82) is 0 Å². The molecule has 106 valence electrons. The molecule has 0 amide bonds. The van der Waals surface area contributed by atoms with E-state index in [0.717, 1.165) is 35.6 Å². The van der Waals surface area contributed by atoms with Crippen LogP contribution < -0.4 is 10.1 Å². The van der Waals surface area contributed by atoms with Gasteiger partial charge in [-0.2, -0.15) is 0 Å². The Labute approximate surface area is 121 Å². The van der Waals surface area contributed by atoms with Gasteiger partial charge in [-0.25, -0.2) is 0 Å². The molecule has 1 fully saturated rings. The standard InChI is InChI=1S/C16H24ClNO/c1-18-11-13-6-4-3-5-12(13)9-14-10-15(17)7-8-16(14)19-2/h7-8,10,12-13,18H,3-6,9,11H2,1-2H3. The van der Waals surface area contributed by atoms with Crippen LogP contribution in [0.4, 0.5) is 0 Å². The van der Waals surface area contributed by atoms with Gasteiger partial charge in [0.05, 0.1) is 7.11 Å². The average molecular weight is 282 g/mol. The van der Waals surface area contributed by atoms with Crippen molar-refractivity contribution in [2.75, 3.05) is 20.7 Å². The molecule has 0 radical (unpaired) electrons. The Kier molecular flexibility index (Phi) is 5.53. The van der Waals surface area contributed by atoms with Crippen LogP contribution in [0, 0.1) is 11.8 Å². The van der Waals surface area contributed by atoms with Gasteiger partial charge in [-0.05, 0) is 68.5 Å². The molecule has 2 rings (SSSR count). The van der Waals surface area contributed by atoms with Gasteiger partial charge in [-0.3, -0.25) is 0 Å². The van der Waals surface area contributed by atoms with Crippen LogP contribution >= 0.6 is 11.6 Å². The van der Waals surface area contributed by atoms with Gasteiger partial charge in [0.15, 0.2) is 0 Å². The molecule has 1 aliphatic carbocycles. The third kappa shape index (κ3) is 3.87. The summed E-state index contributed by atoms with van der Waals surface area (Å²) in [7, 11) is 3.78. The largest absolute Gasteiger partial charge is 0.496 e. The summed E-state index contributed by atoms with van der Waals surface area (Å²) in [6.45, 7) is 1.12. The average Bonchev–Trinajstić information content (AvgIpc) is 2.42. The van der Waals surface area contributed by atoms with Gasteiger partial charge in [0.25, 0.3) is 0 Å². The number of rotatable bonds is 5. The summed E-state index contributed by atoms with van der Waals surface area (Å²) < 4.78 is 5.46. The van der Waals surface area contributed by atoms with E-state index in [2.05, 4.69) is 11.4 Å². The fraction of sp³-hybridized carbons (Fsp3) is 0.625. The van der Waals surface area contributed by atoms with Crippen LogP contribution in [0.15, 0.2) is 18.2 Å². The zero-order valence-corrected chi connectivity index (χ0v) is 12.7. The normalized spacial score (nSPS) is 23.3. The van der Waals surface area contributed by atoms with Crippen molar-refractivity contribution in [3.8, 4) is 5.75 Å². The van der Waals surface area contributed by atoms with Gasteiger partial charge >= 0.3 is 0 Å². The summed E-state index contributed by atoms with van der Waals surface area (Å²) in [5, 5.41) is 4.14. The Morgan fingerprint density at radius 2 is 2.00 bits per heavy atom. The molecule has 0 aliphatic heterocycles. The van der Waals surface area contributed by atoms with Crippen molar-refractivity contribution in [1.82, 2.24) is 5.32 Å². The van der Waals surface area contributed by atoms with E-state index >= 15 is 0 Å². The molecule has 1 aliphatic rings. The highest BCUT2D eigenvalue weighted by molar-refractivity contribution is 6.30. The van der Waals surface area contributed by atoms with Crippen LogP contribution in [0.3, 0.4) is 0 Å². The minimum absolute atomic E-state index is 0.744. The minimum Gasteiger partial charge on any atom is -0.496 e. The van der Waals surface area contributed by atoms with E-state index in [0.29, 0.717) is 0 Å². The number of ether oxygens (including phenoxy) is 1. The Balaban J connectivity index is 2.11. The molecule has 2 nitrogen and oxygen atoms in total. The van der Waals surface area contributed by atoms with Crippen LogP contribution in [-0.4, -0.2) is 20.7 Å². The molecular formula is C16H24ClNO. The predicted octanol–water partition coefficient (Wildman–Crippen LogP) is 3.92. The van der Waals surface area contributed by atoms with Crippen LogP contribution in [-0.2, 0) is 6.42 Å². The van der Waals surface area contributed by atoms with Gasteiger partial charge in [0, 0.05) is 5.02 Å². The molecule has 0 heterocycles. The van der Waals surface area contributed by atoms with E-state index in [-0.39, 0.29) is 0 Å². The van der Waals surface area contributed by atoms with Crippen molar-refractivity contribution in [2.45, 2.75) is 32.1 Å². The van der Waals surface area contributed by atoms with E-state index in [1.54, 1.807) is 7.11 Å². The van der Waals surface area contributed by atoms with Crippen molar-refractivity contribution in [3.63, 3.8) is 0 Å². The molecule has 0 saturated heterocycles. The minimum atomic E-state index is 0.744. The third-order valence-electron chi connectivity index (χ3n) is 4.26. The van der Waals surface area contributed by atoms with Crippen LogP contribution in [0.25, 0.3) is 0 Å². The Hall–Kier alpha value is -0.730. The Morgan fingerprint density at radius 1 is 1.26 bits per heavy atom. The zero-order valence-electron chi connectivity index (χ0n) is 11.9. The number of hydrogen-bond donors (Lipinski definition) is 1. The van der Waals surface area contributed by atoms with Crippen LogP contribution in [0.1, 0.15) is 31.2 Å². The maximum absolute atomic E-state index is 6.12. The first-order valence-electron chi connectivity index (χ1n) is 7.21. The molecule has 1 saturated carbocycles. The molecular weight excluding hydrogens is 258 g/mol. The predicted molar refractivity (Wildman–Crippen MR) is 81.1 cm³/mol. The highest BCUT2D eigenvalue weighted by atomic mass is 35.5. The second-order valence-electron chi connectivity index (χ2n) is 5.52. The molecule has 19 heavy (non-hydrogen) atoms. The third-order valence-corrected chi connectivity index (χ3v) is 4.49. The summed E-state index contributed by atoms with van der Waals surface area (Å²) in [5.41, 5.74) is 1.25. The lowest BCUT2D eigenvalue weighted by atomic mass is 9.76. The smallest absolute Gasteiger partial charge is 0.122 e. The van der Waals surface area contributed by atoms with E-state index in [4.69, 9.17) is 16.3 Å². The zero-order chi connectivity index (χ0) is 13.7. The first kappa shape index (κ1) is 14.7. The van der Waals surface area contributed by atoms with Gasteiger partial charge in [0.2, 0.25) is 0 Å². The van der Waals surface area contributed by atoms with Crippen LogP contribution in [0.2, 0.25) is 5.02 Å². The molecule has 3 heteroatoms. The van der Waals surface area contributed by atoms with Crippen molar-refractivity contribution in [2.24, 2.45) is 11.8 Å². The summed E-state index contributed by atoms with van der Waals surface area (Å²) in [6, 6.07) is 5.94. The Morgan fingerprint density at radius 3 is 2.68 bits per heavy atom.